The summed E-state index contributed by atoms with van der Waals surface area (Å²) < 4.78 is 13.7. The molecule has 11 heteroatoms. The maximum absolute atomic E-state index is 13.2. The molecule has 0 aliphatic carbocycles. The lowest BCUT2D eigenvalue weighted by Gasteiger charge is -2.37. The molecule has 0 saturated carbocycles. The third-order valence-corrected chi connectivity index (χ3v) is 7.70. The molecular formula is C26H24ClFN4O4S. The smallest absolute Gasteiger partial charge is 0.265 e. The average Bonchev–Trinajstić information content (AvgIpc) is 3.43. The van der Waals surface area contributed by atoms with Gasteiger partial charge in [0.25, 0.3) is 17.7 Å². The van der Waals surface area contributed by atoms with E-state index in [1.165, 1.54) is 18.2 Å². The standard InChI is InChI=1S/C26H24ClFN4O4S/c27-22-9-8-21(37-22)24(34)29-20-3-1-2-19-23(20)26(36)32(25(19)35)15-18(33)14-30-10-12-31(13-11-30)17-6-4-16(28)5-7-17/h1-9,18,33H,10-15H2,(H,29,34). The Hall–Kier alpha value is -3.31. The number of fused-ring (bicyclic) bond motifs is 1. The number of piperazine rings is 1. The van der Waals surface area contributed by atoms with Crippen LogP contribution in [0.3, 0.4) is 0 Å². The predicted octanol–water partition coefficient (Wildman–Crippen LogP) is 3.57. The molecule has 0 bridgehead atoms. The van der Waals surface area contributed by atoms with E-state index in [2.05, 4.69) is 15.1 Å². The number of amides is 3. The molecule has 3 heterocycles. The van der Waals surface area contributed by atoms with Crippen LogP contribution in [0.4, 0.5) is 15.8 Å². The van der Waals surface area contributed by atoms with Crippen LogP contribution in [-0.2, 0) is 0 Å². The van der Waals surface area contributed by atoms with Gasteiger partial charge in [-0.2, -0.15) is 0 Å². The number of benzene rings is 2. The first-order valence-corrected chi connectivity index (χ1v) is 13.0. The molecule has 0 radical (unpaired) electrons. The molecule has 3 amide bonds. The number of β-amino-alcohol motifs (C(OH)–C–C–N with tert-alkyl or cyclic N) is 1. The lowest BCUT2D eigenvalue weighted by atomic mass is 10.1. The summed E-state index contributed by atoms with van der Waals surface area (Å²) >= 11 is 7.02. The fraction of sp³-hybridized carbons (Fsp3) is 0.269. The molecule has 3 aromatic rings. The van der Waals surface area contributed by atoms with E-state index in [0.29, 0.717) is 41.9 Å². The highest BCUT2D eigenvalue weighted by molar-refractivity contribution is 7.18. The quantitative estimate of drug-likeness (QED) is 0.443. The molecule has 8 nitrogen and oxygen atoms in total. The molecular weight excluding hydrogens is 519 g/mol. The average molecular weight is 543 g/mol. The topological polar surface area (TPSA) is 93.2 Å². The number of nitrogens with zero attached hydrogens (tertiary/aromatic N) is 3. The van der Waals surface area contributed by atoms with Crippen molar-refractivity contribution in [2.45, 2.75) is 6.10 Å². The number of imide groups is 1. The number of aliphatic hydroxyl groups is 1. The summed E-state index contributed by atoms with van der Waals surface area (Å²) in [6, 6.07) is 14.2. The molecule has 1 fully saturated rings. The number of carbonyl (C=O) groups excluding carboxylic acids is 3. The number of anilines is 2. The Bertz CT molecular complexity index is 1340. The highest BCUT2D eigenvalue weighted by Gasteiger charge is 2.39. The second kappa shape index (κ2) is 10.6. The molecule has 192 valence electrons. The van der Waals surface area contributed by atoms with Crippen molar-refractivity contribution in [2.75, 3.05) is 49.5 Å². The summed E-state index contributed by atoms with van der Waals surface area (Å²) in [5, 5.41) is 13.4. The molecule has 1 unspecified atom stereocenters. The molecule has 37 heavy (non-hydrogen) atoms. The van der Waals surface area contributed by atoms with Gasteiger partial charge in [-0.15, -0.1) is 11.3 Å². The Kier molecular flexibility index (Phi) is 7.25. The summed E-state index contributed by atoms with van der Waals surface area (Å²) in [4.78, 5) is 44.4. The minimum Gasteiger partial charge on any atom is -0.390 e. The summed E-state index contributed by atoms with van der Waals surface area (Å²) in [5.74, 6) is -1.76. The Labute approximate surface area is 221 Å². The number of halogens is 2. The molecule has 1 aromatic heterocycles. The fourth-order valence-electron chi connectivity index (χ4n) is 4.63. The Balaban J connectivity index is 1.19. The first kappa shape index (κ1) is 25.3. The normalized spacial score (nSPS) is 16.7. The molecule has 5 rings (SSSR count). The Morgan fingerprint density at radius 3 is 2.41 bits per heavy atom. The van der Waals surface area contributed by atoms with Crippen LogP contribution >= 0.6 is 22.9 Å². The van der Waals surface area contributed by atoms with Crippen molar-refractivity contribution in [3.05, 3.63) is 80.8 Å². The number of rotatable bonds is 7. The first-order chi connectivity index (χ1) is 17.8. The monoisotopic (exact) mass is 542 g/mol. The molecule has 2 aromatic carbocycles. The van der Waals surface area contributed by atoms with E-state index >= 15 is 0 Å². The zero-order valence-corrected chi connectivity index (χ0v) is 21.3. The molecule has 1 atom stereocenters. The summed E-state index contributed by atoms with van der Waals surface area (Å²) in [7, 11) is 0. The van der Waals surface area contributed by atoms with Crippen LogP contribution in [0.5, 0.6) is 0 Å². The van der Waals surface area contributed by atoms with Gasteiger partial charge in [0.2, 0.25) is 0 Å². The van der Waals surface area contributed by atoms with E-state index in [0.717, 1.165) is 21.9 Å². The third-order valence-electron chi connectivity index (χ3n) is 6.47. The largest absolute Gasteiger partial charge is 0.390 e. The molecule has 2 aliphatic rings. The SMILES string of the molecule is O=C(Nc1cccc2c1C(=O)N(CC(O)CN1CCN(c3ccc(F)cc3)CC1)C2=O)c1ccc(Cl)s1. The van der Waals surface area contributed by atoms with Gasteiger partial charge in [0.15, 0.2) is 0 Å². The highest BCUT2D eigenvalue weighted by atomic mass is 35.5. The van der Waals surface area contributed by atoms with Crippen LogP contribution in [-0.4, -0.2) is 78.0 Å². The van der Waals surface area contributed by atoms with E-state index < -0.39 is 23.8 Å². The highest BCUT2D eigenvalue weighted by Crippen LogP contribution is 2.31. The maximum Gasteiger partial charge on any atom is 0.265 e. The van der Waals surface area contributed by atoms with Crippen LogP contribution < -0.4 is 10.2 Å². The number of aliphatic hydroxyl groups excluding tert-OH is 1. The van der Waals surface area contributed by atoms with Crippen molar-refractivity contribution < 1.29 is 23.9 Å². The van der Waals surface area contributed by atoms with Gasteiger partial charge in [-0.3, -0.25) is 24.2 Å². The summed E-state index contributed by atoms with van der Waals surface area (Å²) in [6.45, 7) is 2.93. The fourth-order valence-corrected chi connectivity index (χ4v) is 5.57. The maximum atomic E-state index is 13.2. The van der Waals surface area contributed by atoms with Gasteiger partial charge in [0, 0.05) is 38.4 Å². The predicted molar refractivity (Wildman–Crippen MR) is 140 cm³/mol. The van der Waals surface area contributed by atoms with Crippen LogP contribution in [0.2, 0.25) is 4.34 Å². The minimum absolute atomic E-state index is 0.114. The van der Waals surface area contributed by atoms with Crippen LogP contribution in [0.1, 0.15) is 30.4 Å². The molecule has 1 saturated heterocycles. The van der Waals surface area contributed by atoms with E-state index in [-0.39, 0.29) is 29.2 Å². The third kappa shape index (κ3) is 5.37. The second-order valence-electron chi connectivity index (χ2n) is 8.92. The van der Waals surface area contributed by atoms with E-state index in [1.54, 1.807) is 36.4 Å². The number of hydrogen-bond donors (Lipinski definition) is 2. The van der Waals surface area contributed by atoms with Gasteiger partial charge < -0.3 is 15.3 Å². The minimum atomic E-state index is -0.939. The van der Waals surface area contributed by atoms with E-state index in [9.17, 15) is 23.9 Å². The second-order valence-corrected chi connectivity index (χ2v) is 10.6. The van der Waals surface area contributed by atoms with Crippen molar-refractivity contribution in [2.24, 2.45) is 0 Å². The van der Waals surface area contributed by atoms with Gasteiger partial charge >= 0.3 is 0 Å². The van der Waals surface area contributed by atoms with Crippen LogP contribution in [0, 0.1) is 5.82 Å². The number of carbonyl (C=O) groups is 3. The van der Waals surface area contributed by atoms with Gasteiger partial charge in [-0.05, 0) is 48.5 Å². The zero-order valence-electron chi connectivity index (χ0n) is 19.7. The first-order valence-electron chi connectivity index (χ1n) is 11.8. The lowest BCUT2D eigenvalue weighted by molar-refractivity contribution is 0.0469. The number of thiophene rings is 1. The molecule has 2 aliphatic heterocycles. The molecule has 2 N–H and O–H groups in total. The molecule has 0 spiro atoms. The van der Waals surface area contributed by atoms with Gasteiger partial charge in [0.05, 0.1) is 38.7 Å². The van der Waals surface area contributed by atoms with Gasteiger partial charge in [0.1, 0.15) is 5.82 Å². The van der Waals surface area contributed by atoms with Crippen molar-refractivity contribution in [3.8, 4) is 0 Å². The van der Waals surface area contributed by atoms with Crippen LogP contribution in [0.15, 0.2) is 54.6 Å². The number of nitrogens with one attached hydrogen (secondary N) is 1. The van der Waals surface area contributed by atoms with Crippen LogP contribution in [0.25, 0.3) is 0 Å². The Morgan fingerprint density at radius 2 is 1.73 bits per heavy atom. The van der Waals surface area contributed by atoms with Crippen molar-refractivity contribution in [1.29, 1.82) is 0 Å². The van der Waals surface area contributed by atoms with Gasteiger partial charge in [-0.1, -0.05) is 17.7 Å². The van der Waals surface area contributed by atoms with E-state index in [1.807, 2.05) is 0 Å². The van der Waals surface area contributed by atoms with Crippen molar-refractivity contribution in [3.63, 3.8) is 0 Å². The zero-order chi connectivity index (χ0) is 26.1. The number of hydrogen-bond acceptors (Lipinski definition) is 7. The van der Waals surface area contributed by atoms with Crippen molar-refractivity contribution in [1.82, 2.24) is 9.80 Å². The summed E-state index contributed by atoms with van der Waals surface area (Å²) in [6.07, 6.45) is -0.939. The van der Waals surface area contributed by atoms with Crippen molar-refractivity contribution >= 4 is 52.0 Å². The van der Waals surface area contributed by atoms with Gasteiger partial charge in [-0.25, -0.2) is 4.39 Å². The summed E-state index contributed by atoms with van der Waals surface area (Å²) in [5.41, 5.74) is 1.48. The van der Waals surface area contributed by atoms with E-state index in [4.69, 9.17) is 11.6 Å². The Morgan fingerprint density at radius 1 is 1.00 bits per heavy atom. The lowest BCUT2D eigenvalue weighted by Crippen LogP contribution is -2.50.